The highest BCUT2D eigenvalue weighted by Crippen LogP contribution is 2.34. The Labute approximate surface area is 122 Å². The molecule has 0 aromatic heterocycles. The Balaban J connectivity index is 1.95. The molecule has 0 atom stereocenters. The smallest absolute Gasteiger partial charge is 0.108 e. The minimum atomic E-state index is -0.973. The van der Waals surface area contributed by atoms with Gasteiger partial charge in [0.25, 0.3) is 0 Å². The standard InChI is InChI=1S/C16H25NSSi/c1-13-7-5-6-8-16(13)17-14-9-11-15(12-10-14)18-19(2,3)4/h5-8,15H,9-12H2,1-4H3. The molecule has 1 fully saturated rings. The number of rotatable bonds is 3. The highest BCUT2D eigenvalue weighted by molar-refractivity contribution is 8.29. The monoisotopic (exact) mass is 291 g/mol. The Morgan fingerprint density at radius 3 is 2.32 bits per heavy atom. The van der Waals surface area contributed by atoms with Crippen LogP contribution in [0.1, 0.15) is 31.2 Å². The van der Waals surface area contributed by atoms with Crippen molar-refractivity contribution in [1.29, 1.82) is 0 Å². The molecule has 0 bridgehead atoms. The highest BCUT2D eigenvalue weighted by Gasteiger charge is 2.24. The molecule has 0 saturated heterocycles. The molecule has 0 amide bonds. The zero-order valence-corrected chi connectivity index (χ0v) is 14.4. The van der Waals surface area contributed by atoms with Crippen LogP contribution >= 0.6 is 11.2 Å². The fourth-order valence-electron chi connectivity index (χ4n) is 2.51. The van der Waals surface area contributed by atoms with Gasteiger partial charge in [-0.25, -0.2) is 0 Å². The molecule has 0 spiro atoms. The van der Waals surface area contributed by atoms with Gasteiger partial charge in [0.1, 0.15) is 7.22 Å². The van der Waals surface area contributed by atoms with Crippen LogP contribution in [0.4, 0.5) is 5.69 Å². The van der Waals surface area contributed by atoms with E-state index in [4.69, 9.17) is 4.99 Å². The molecule has 0 N–H and O–H groups in total. The van der Waals surface area contributed by atoms with Gasteiger partial charge in [0.2, 0.25) is 0 Å². The molecule has 1 nitrogen and oxygen atoms in total. The van der Waals surface area contributed by atoms with Crippen molar-refractivity contribution < 1.29 is 0 Å². The van der Waals surface area contributed by atoms with Crippen LogP contribution in [0.5, 0.6) is 0 Å². The van der Waals surface area contributed by atoms with Crippen LogP contribution in [-0.4, -0.2) is 18.2 Å². The third kappa shape index (κ3) is 4.81. The van der Waals surface area contributed by atoms with E-state index in [1.165, 1.54) is 37.0 Å². The molecule has 1 aromatic carbocycles. The molecule has 1 aliphatic carbocycles. The summed E-state index contributed by atoms with van der Waals surface area (Å²) in [5.74, 6) is 0. The van der Waals surface area contributed by atoms with E-state index >= 15 is 0 Å². The third-order valence-corrected chi connectivity index (χ3v) is 8.06. The summed E-state index contributed by atoms with van der Waals surface area (Å²) in [6.45, 7) is 9.50. The summed E-state index contributed by atoms with van der Waals surface area (Å²) >= 11 is 2.27. The quantitative estimate of drug-likeness (QED) is 0.662. The van der Waals surface area contributed by atoms with Gasteiger partial charge in [0.05, 0.1) is 5.69 Å². The normalized spacial score (nSPS) is 20.4. The summed E-state index contributed by atoms with van der Waals surface area (Å²) in [5, 5.41) is 0.877. The summed E-state index contributed by atoms with van der Waals surface area (Å²) in [6, 6.07) is 8.44. The van der Waals surface area contributed by atoms with Gasteiger partial charge in [-0.15, -0.1) is 0 Å². The van der Waals surface area contributed by atoms with Gasteiger partial charge in [0.15, 0.2) is 0 Å². The Kier molecular flexibility index (Phi) is 4.90. The van der Waals surface area contributed by atoms with Crippen LogP contribution in [0.3, 0.4) is 0 Å². The molecule has 0 radical (unpaired) electrons. The van der Waals surface area contributed by atoms with Crippen LogP contribution in [0.2, 0.25) is 19.6 Å². The van der Waals surface area contributed by atoms with Crippen molar-refractivity contribution in [2.45, 2.75) is 57.5 Å². The first kappa shape index (κ1) is 14.9. The van der Waals surface area contributed by atoms with Crippen LogP contribution in [0.25, 0.3) is 0 Å². The number of hydrogen-bond acceptors (Lipinski definition) is 2. The van der Waals surface area contributed by atoms with E-state index in [0.717, 1.165) is 10.9 Å². The SMILES string of the molecule is Cc1ccccc1N=C1CCC(S[Si](C)(C)C)CC1. The van der Waals surface area contributed by atoms with E-state index in [9.17, 15) is 0 Å². The van der Waals surface area contributed by atoms with Crippen molar-refractivity contribution in [1.82, 2.24) is 0 Å². The summed E-state index contributed by atoms with van der Waals surface area (Å²) in [6.07, 6.45) is 5.02. The van der Waals surface area contributed by atoms with E-state index in [1.54, 1.807) is 0 Å². The predicted molar refractivity (Wildman–Crippen MR) is 91.5 cm³/mol. The van der Waals surface area contributed by atoms with Crippen molar-refractivity contribution in [3.05, 3.63) is 29.8 Å². The fraction of sp³-hybridized carbons (Fsp3) is 0.562. The first-order valence-electron chi connectivity index (χ1n) is 7.24. The summed E-state index contributed by atoms with van der Waals surface area (Å²) in [5.41, 5.74) is 3.85. The van der Waals surface area contributed by atoms with E-state index in [1.807, 2.05) is 0 Å². The van der Waals surface area contributed by atoms with Crippen molar-refractivity contribution in [3.8, 4) is 0 Å². The summed E-state index contributed by atoms with van der Waals surface area (Å²) in [7, 11) is -0.973. The van der Waals surface area contributed by atoms with Gasteiger partial charge in [-0.05, 0) is 49.5 Å². The van der Waals surface area contributed by atoms with E-state index in [2.05, 4.69) is 62.0 Å². The van der Waals surface area contributed by atoms with E-state index in [-0.39, 0.29) is 0 Å². The second-order valence-corrected chi connectivity index (χ2v) is 15.9. The number of aryl methyl sites for hydroxylation is 1. The Hall–Kier alpha value is -0.543. The van der Waals surface area contributed by atoms with Crippen molar-refractivity contribution in [2.75, 3.05) is 0 Å². The van der Waals surface area contributed by atoms with Crippen LogP contribution in [0.15, 0.2) is 29.3 Å². The number of aliphatic imine (C=N–C) groups is 1. The lowest BCUT2D eigenvalue weighted by atomic mass is 9.98. The predicted octanol–water partition coefficient (Wildman–Crippen LogP) is 5.58. The molecular formula is C16H25NSSi. The average molecular weight is 292 g/mol. The number of hydrogen-bond donors (Lipinski definition) is 0. The molecular weight excluding hydrogens is 266 g/mol. The zero-order valence-electron chi connectivity index (χ0n) is 12.6. The molecule has 104 valence electrons. The maximum absolute atomic E-state index is 4.87. The minimum Gasteiger partial charge on any atom is -0.258 e. The lowest BCUT2D eigenvalue weighted by Crippen LogP contribution is -2.24. The first-order valence-corrected chi connectivity index (χ1v) is 12.3. The maximum Gasteiger partial charge on any atom is 0.108 e. The molecule has 3 heteroatoms. The van der Waals surface area contributed by atoms with Crippen LogP contribution in [-0.2, 0) is 0 Å². The maximum atomic E-state index is 4.87. The van der Waals surface area contributed by atoms with Crippen molar-refractivity contribution in [2.24, 2.45) is 4.99 Å². The average Bonchev–Trinajstić information content (AvgIpc) is 2.33. The first-order chi connectivity index (χ1) is 8.94. The van der Waals surface area contributed by atoms with E-state index < -0.39 is 7.22 Å². The summed E-state index contributed by atoms with van der Waals surface area (Å²) < 4.78 is 0. The molecule has 0 unspecified atom stereocenters. The Bertz CT molecular complexity index is 452. The molecule has 1 aromatic rings. The molecule has 0 heterocycles. The second kappa shape index (κ2) is 6.27. The third-order valence-electron chi connectivity index (χ3n) is 3.42. The van der Waals surface area contributed by atoms with Crippen molar-refractivity contribution in [3.63, 3.8) is 0 Å². The number of benzene rings is 1. The Morgan fingerprint density at radius 1 is 1.11 bits per heavy atom. The lowest BCUT2D eigenvalue weighted by Gasteiger charge is -2.28. The second-order valence-electron chi connectivity index (χ2n) is 6.39. The Morgan fingerprint density at radius 2 is 1.74 bits per heavy atom. The number of para-hydroxylation sites is 1. The van der Waals surface area contributed by atoms with Gasteiger partial charge in [0, 0.05) is 5.71 Å². The molecule has 19 heavy (non-hydrogen) atoms. The lowest BCUT2D eigenvalue weighted by molar-refractivity contribution is 0.686. The van der Waals surface area contributed by atoms with Gasteiger partial charge in [-0.1, -0.05) is 37.8 Å². The van der Waals surface area contributed by atoms with Gasteiger partial charge < -0.3 is 0 Å². The molecule has 1 saturated carbocycles. The highest BCUT2D eigenvalue weighted by atomic mass is 32.4. The molecule has 0 aliphatic heterocycles. The van der Waals surface area contributed by atoms with E-state index in [0.29, 0.717) is 0 Å². The zero-order chi connectivity index (χ0) is 13.9. The van der Waals surface area contributed by atoms with Gasteiger partial charge in [-0.3, -0.25) is 4.99 Å². The fourth-order valence-corrected chi connectivity index (χ4v) is 7.69. The van der Waals surface area contributed by atoms with Gasteiger partial charge in [-0.2, -0.15) is 11.2 Å². The molecule has 1 aliphatic rings. The molecule has 2 rings (SSSR count). The topological polar surface area (TPSA) is 12.4 Å². The van der Waals surface area contributed by atoms with Crippen LogP contribution < -0.4 is 0 Å². The van der Waals surface area contributed by atoms with Crippen LogP contribution in [0, 0.1) is 6.92 Å². The minimum absolute atomic E-state index is 0.877. The summed E-state index contributed by atoms with van der Waals surface area (Å²) in [4.78, 5) is 4.87. The number of nitrogens with zero attached hydrogens (tertiary/aromatic N) is 1. The van der Waals surface area contributed by atoms with Gasteiger partial charge >= 0.3 is 0 Å². The van der Waals surface area contributed by atoms with Crippen molar-refractivity contribution >= 4 is 29.8 Å². The largest absolute Gasteiger partial charge is 0.258 e.